The Balaban J connectivity index is 2.32. The van der Waals surface area contributed by atoms with Gasteiger partial charge in [-0.3, -0.25) is 9.59 Å². The van der Waals surface area contributed by atoms with E-state index in [-0.39, 0.29) is 12.2 Å². The van der Waals surface area contributed by atoms with Crippen LogP contribution in [0, 0.1) is 0 Å². The van der Waals surface area contributed by atoms with Gasteiger partial charge in [0.1, 0.15) is 6.42 Å². The van der Waals surface area contributed by atoms with E-state index in [0.717, 1.165) is 10.9 Å². The van der Waals surface area contributed by atoms with E-state index in [0.29, 0.717) is 5.56 Å². The zero-order chi connectivity index (χ0) is 12.4. The molecule has 0 radical (unpaired) electrons. The molecule has 0 saturated heterocycles. The van der Waals surface area contributed by atoms with Crippen molar-refractivity contribution in [2.24, 2.45) is 7.05 Å². The predicted octanol–water partition coefficient (Wildman–Crippen LogP) is 1.92. The molecular weight excluding hydrogens is 218 g/mol. The van der Waals surface area contributed by atoms with Crippen molar-refractivity contribution in [3.63, 3.8) is 0 Å². The van der Waals surface area contributed by atoms with E-state index in [1.165, 1.54) is 7.11 Å². The monoisotopic (exact) mass is 231 g/mol. The number of fused-ring (bicyclic) bond motifs is 1. The lowest BCUT2D eigenvalue weighted by molar-refractivity contribution is -0.139. The van der Waals surface area contributed by atoms with E-state index in [1.54, 1.807) is 12.1 Å². The van der Waals surface area contributed by atoms with Gasteiger partial charge in [0.15, 0.2) is 5.78 Å². The second-order valence-corrected chi connectivity index (χ2v) is 3.88. The number of nitrogens with zero attached hydrogens (tertiary/aromatic N) is 1. The lowest BCUT2D eigenvalue weighted by atomic mass is 10.1. The first-order valence-electron chi connectivity index (χ1n) is 5.27. The van der Waals surface area contributed by atoms with Crippen LogP contribution in [0.5, 0.6) is 0 Å². The highest BCUT2D eigenvalue weighted by atomic mass is 16.5. The van der Waals surface area contributed by atoms with Crippen LogP contribution in [0.3, 0.4) is 0 Å². The third kappa shape index (κ3) is 2.20. The number of esters is 1. The highest BCUT2D eigenvalue weighted by molar-refractivity contribution is 6.07. The maximum absolute atomic E-state index is 11.8. The van der Waals surface area contributed by atoms with Crippen molar-refractivity contribution < 1.29 is 14.3 Å². The SMILES string of the molecule is COC(=O)CC(=O)c1ccc2ccn(C)c2c1. The van der Waals surface area contributed by atoms with Crippen LogP contribution in [0.1, 0.15) is 16.8 Å². The standard InChI is InChI=1S/C13H13NO3/c1-14-6-5-9-3-4-10(7-11(9)14)12(15)8-13(16)17-2/h3-7H,8H2,1-2H3. The van der Waals surface area contributed by atoms with Crippen LogP contribution in [0.15, 0.2) is 30.5 Å². The lowest BCUT2D eigenvalue weighted by Gasteiger charge is -2.02. The molecule has 1 heterocycles. The number of rotatable bonds is 3. The summed E-state index contributed by atoms with van der Waals surface area (Å²) in [6, 6.07) is 7.37. The maximum Gasteiger partial charge on any atom is 0.313 e. The van der Waals surface area contributed by atoms with E-state index >= 15 is 0 Å². The molecule has 0 saturated carbocycles. The number of hydrogen-bond donors (Lipinski definition) is 0. The Morgan fingerprint density at radius 1 is 1.29 bits per heavy atom. The minimum absolute atomic E-state index is 0.216. The molecule has 0 aliphatic heterocycles. The zero-order valence-electron chi connectivity index (χ0n) is 9.77. The Kier molecular flexibility index (Phi) is 2.95. The fourth-order valence-corrected chi connectivity index (χ4v) is 1.74. The number of ether oxygens (including phenoxy) is 1. The number of aryl methyl sites for hydroxylation is 1. The molecule has 1 aromatic carbocycles. The van der Waals surface area contributed by atoms with E-state index < -0.39 is 5.97 Å². The van der Waals surface area contributed by atoms with Gasteiger partial charge in [-0.1, -0.05) is 12.1 Å². The first kappa shape index (κ1) is 11.4. The Morgan fingerprint density at radius 2 is 2.06 bits per heavy atom. The topological polar surface area (TPSA) is 48.3 Å². The van der Waals surface area contributed by atoms with E-state index in [9.17, 15) is 9.59 Å². The van der Waals surface area contributed by atoms with Crippen LogP contribution in [0.2, 0.25) is 0 Å². The number of benzene rings is 1. The van der Waals surface area contributed by atoms with Crippen molar-refractivity contribution in [3.8, 4) is 0 Å². The van der Waals surface area contributed by atoms with Crippen molar-refractivity contribution in [2.45, 2.75) is 6.42 Å². The quantitative estimate of drug-likeness (QED) is 0.460. The number of methoxy groups -OCH3 is 1. The molecule has 2 aromatic rings. The summed E-state index contributed by atoms with van der Waals surface area (Å²) in [6.45, 7) is 0. The molecule has 0 fully saturated rings. The number of carbonyl (C=O) groups excluding carboxylic acids is 2. The van der Waals surface area contributed by atoms with Crippen LogP contribution in [0.4, 0.5) is 0 Å². The normalized spacial score (nSPS) is 10.5. The molecule has 0 aliphatic carbocycles. The summed E-state index contributed by atoms with van der Waals surface area (Å²) in [5.41, 5.74) is 1.51. The summed E-state index contributed by atoms with van der Waals surface area (Å²) in [4.78, 5) is 22.8. The molecule has 0 N–H and O–H groups in total. The molecular formula is C13H13NO3. The maximum atomic E-state index is 11.8. The number of carbonyl (C=O) groups is 2. The highest BCUT2D eigenvalue weighted by Gasteiger charge is 2.12. The van der Waals surface area contributed by atoms with Crippen LogP contribution >= 0.6 is 0 Å². The molecule has 88 valence electrons. The summed E-state index contributed by atoms with van der Waals surface area (Å²) in [5, 5.41) is 1.07. The van der Waals surface area contributed by atoms with Crippen LogP contribution in [-0.4, -0.2) is 23.4 Å². The van der Waals surface area contributed by atoms with Gasteiger partial charge in [-0.25, -0.2) is 0 Å². The Bertz CT molecular complexity index is 583. The van der Waals surface area contributed by atoms with Crippen molar-refractivity contribution in [1.29, 1.82) is 0 Å². The molecule has 2 rings (SSSR count). The van der Waals surface area contributed by atoms with Gasteiger partial charge in [0.2, 0.25) is 0 Å². The second-order valence-electron chi connectivity index (χ2n) is 3.88. The van der Waals surface area contributed by atoms with Crippen molar-refractivity contribution >= 4 is 22.7 Å². The average molecular weight is 231 g/mol. The highest BCUT2D eigenvalue weighted by Crippen LogP contribution is 2.17. The van der Waals surface area contributed by atoms with Gasteiger partial charge < -0.3 is 9.30 Å². The zero-order valence-corrected chi connectivity index (χ0v) is 9.77. The molecule has 4 heteroatoms. The number of Topliss-reactive ketones (excluding diaryl/α,β-unsaturated/α-hetero) is 1. The van der Waals surface area contributed by atoms with Crippen LogP contribution < -0.4 is 0 Å². The second kappa shape index (κ2) is 4.41. The first-order valence-corrected chi connectivity index (χ1v) is 5.27. The first-order chi connectivity index (χ1) is 8.11. The van der Waals surface area contributed by atoms with E-state index in [2.05, 4.69) is 4.74 Å². The van der Waals surface area contributed by atoms with Crippen molar-refractivity contribution in [2.75, 3.05) is 7.11 Å². The average Bonchev–Trinajstić information content (AvgIpc) is 2.70. The third-order valence-corrected chi connectivity index (χ3v) is 2.74. The Morgan fingerprint density at radius 3 is 2.76 bits per heavy atom. The predicted molar refractivity (Wildman–Crippen MR) is 63.9 cm³/mol. The van der Waals surface area contributed by atoms with Gasteiger partial charge in [-0.05, 0) is 17.5 Å². The number of ketones is 1. The summed E-state index contributed by atoms with van der Waals surface area (Å²) in [6.07, 6.45) is 1.71. The van der Waals surface area contributed by atoms with Gasteiger partial charge in [0.05, 0.1) is 7.11 Å². The minimum atomic E-state index is -0.512. The van der Waals surface area contributed by atoms with Crippen molar-refractivity contribution in [3.05, 3.63) is 36.0 Å². The van der Waals surface area contributed by atoms with Gasteiger partial charge in [-0.2, -0.15) is 0 Å². The molecule has 4 nitrogen and oxygen atoms in total. The number of aromatic nitrogens is 1. The molecule has 0 spiro atoms. The summed E-state index contributed by atoms with van der Waals surface area (Å²) >= 11 is 0. The van der Waals surface area contributed by atoms with Gasteiger partial charge in [0.25, 0.3) is 0 Å². The minimum Gasteiger partial charge on any atom is -0.469 e. The molecule has 0 unspecified atom stereocenters. The van der Waals surface area contributed by atoms with E-state index in [1.807, 2.05) is 29.9 Å². The molecule has 0 bridgehead atoms. The fraction of sp³-hybridized carbons (Fsp3) is 0.231. The third-order valence-electron chi connectivity index (χ3n) is 2.74. The molecule has 0 atom stereocenters. The summed E-state index contributed by atoms with van der Waals surface area (Å²) in [7, 11) is 3.19. The molecule has 17 heavy (non-hydrogen) atoms. The summed E-state index contributed by atoms with van der Waals surface area (Å²) < 4.78 is 6.41. The number of hydrogen-bond acceptors (Lipinski definition) is 3. The summed E-state index contributed by atoms with van der Waals surface area (Å²) in [5.74, 6) is -0.734. The van der Waals surface area contributed by atoms with Crippen LogP contribution in [-0.2, 0) is 16.6 Å². The largest absolute Gasteiger partial charge is 0.469 e. The molecule has 0 aliphatic rings. The fourth-order valence-electron chi connectivity index (χ4n) is 1.74. The smallest absolute Gasteiger partial charge is 0.313 e. The van der Waals surface area contributed by atoms with Crippen LogP contribution in [0.25, 0.3) is 10.9 Å². The van der Waals surface area contributed by atoms with Gasteiger partial charge in [0, 0.05) is 24.3 Å². The Labute approximate surface area is 98.8 Å². The molecule has 0 amide bonds. The lowest BCUT2D eigenvalue weighted by Crippen LogP contribution is -2.09. The van der Waals surface area contributed by atoms with Gasteiger partial charge in [-0.15, -0.1) is 0 Å². The molecule has 1 aromatic heterocycles. The van der Waals surface area contributed by atoms with Gasteiger partial charge >= 0.3 is 5.97 Å². The van der Waals surface area contributed by atoms with E-state index in [4.69, 9.17) is 0 Å². The Hall–Kier alpha value is -2.10. The van der Waals surface area contributed by atoms with Crippen molar-refractivity contribution in [1.82, 2.24) is 4.57 Å².